The Hall–Kier alpha value is -0.550. The first kappa shape index (κ1) is 9.45. The highest BCUT2D eigenvalue weighted by atomic mass is 79.9. The summed E-state index contributed by atoms with van der Waals surface area (Å²) in [5.41, 5.74) is 5.50. The van der Waals surface area contributed by atoms with E-state index in [1.165, 1.54) is 4.68 Å². The zero-order valence-corrected chi connectivity index (χ0v) is 7.40. The molecule has 58 valence electrons. The van der Waals surface area contributed by atoms with Crippen molar-refractivity contribution in [2.24, 2.45) is 5.73 Å². The van der Waals surface area contributed by atoms with Gasteiger partial charge >= 0.3 is 0 Å². The molecule has 0 saturated heterocycles. The van der Waals surface area contributed by atoms with Gasteiger partial charge in [-0.05, 0) is 6.92 Å². The molecule has 1 aromatic rings. The van der Waals surface area contributed by atoms with Gasteiger partial charge in [0.1, 0.15) is 5.82 Å². The standard InChI is InChI=1S/C5H10N4.BrH/c1-4(6)5-8-2-3-9(5)7;/h2-4H,6-7H2,1H3;1H. The Balaban J connectivity index is 0.000000810. The van der Waals surface area contributed by atoms with Crippen molar-refractivity contribution >= 4 is 17.0 Å². The molecule has 0 aliphatic carbocycles. The van der Waals surface area contributed by atoms with Gasteiger partial charge in [0.25, 0.3) is 0 Å². The van der Waals surface area contributed by atoms with E-state index in [1.54, 1.807) is 12.4 Å². The number of halogens is 1. The lowest BCUT2D eigenvalue weighted by molar-refractivity contribution is 0.707. The molecule has 0 spiro atoms. The molecular formula is C5H11BrN4. The summed E-state index contributed by atoms with van der Waals surface area (Å²) in [6.07, 6.45) is 3.29. The van der Waals surface area contributed by atoms with Crippen LogP contribution in [0, 0.1) is 0 Å². The van der Waals surface area contributed by atoms with Crippen LogP contribution in [-0.4, -0.2) is 9.66 Å². The van der Waals surface area contributed by atoms with Gasteiger partial charge in [0.05, 0.1) is 6.04 Å². The maximum Gasteiger partial charge on any atom is 0.143 e. The van der Waals surface area contributed by atoms with Gasteiger partial charge in [0.15, 0.2) is 0 Å². The van der Waals surface area contributed by atoms with E-state index in [1.807, 2.05) is 6.92 Å². The highest BCUT2D eigenvalue weighted by molar-refractivity contribution is 8.93. The zero-order chi connectivity index (χ0) is 6.85. The fourth-order valence-electron chi connectivity index (χ4n) is 0.677. The van der Waals surface area contributed by atoms with Crippen LogP contribution in [0.3, 0.4) is 0 Å². The van der Waals surface area contributed by atoms with Crippen molar-refractivity contribution in [1.82, 2.24) is 9.66 Å². The molecule has 0 amide bonds. The zero-order valence-electron chi connectivity index (χ0n) is 5.69. The van der Waals surface area contributed by atoms with Crippen LogP contribution in [0.15, 0.2) is 12.4 Å². The summed E-state index contributed by atoms with van der Waals surface area (Å²) in [4.78, 5) is 3.93. The summed E-state index contributed by atoms with van der Waals surface area (Å²) in [7, 11) is 0. The summed E-state index contributed by atoms with van der Waals surface area (Å²) < 4.78 is 1.42. The highest BCUT2D eigenvalue weighted by Gasteiger charge is 2.02. The van der Waals surface area contributed by atoms with Crippen LogP contribution in [0.1, 0.15) is 18.8 Å². The molecule has 0 radical (unpaired) electrons. The molecule has 0 aliphatic rings. The van der Waals surface area contributed by atoms with Crippen molar-refractivity contribution in [3.05, 3.63) is 18.2 Å². The number of aromatic nitrogens is 2. The number of nitrogens with zero attached hydrogens (tertiary/aromatic N) is 2. The predicted molar refractivity (Wildman–Crippen MR) is 45.3 cm³/mol. The first-order chi connectivity index (χ1) is 4.22. The molecule has 1 unspecified atom stereocenters. The first-order valence-electron chi connectivity index (χ1n) is 2.75. The summed E-state index contributed by atoms with van der Waals surface area (Å²) in [6.45, 7) is 1.84. The minimum Gasteiger partial charge on any atom is -0.338 e. The number of rotatable bonds is 1. The topological polar surface area (TPSA) is 69.9 Å². The molecule has 1 rings (SSSR count). The fraction of sp³-hybridized carbons (Fsp3) is 0.400. The van der Waals surface area contributed by atoms with Gasteiger partial charge in [-0.15, -0.1) is 17.0 Å². The Bertz CT molecular complexity index is 195. The maximum atomic E-state index is 5.50. The van der Waals surface area contributed by atoms with Crippen LogP contribution in [-0.2, 0) is 0 Å². The molecule has 1 atom stereocenters. The molecule has 1 aromatic heterocycles. The minimum absolute atomic E-state index is 0. The van der Waals surface area contributed by atoms with Crippen molar-refractivity contribution in [3.63, 3.8) is 0 Å². The number of imidazole rings is 1. The van der Waals surface area contributed by atoms with Gasteiger partial charge in [-0.3, -0.25) is 4.68 Å². The molecule has 4 N–H and O–H groups in total. The first-order valence-corrected chi connectivity index (χ1v) is 2.75. The SMILES string of the molecule is Br.CC(N)c1nccn1N. The number of hydrogen-bond acceptors (Lipinski definition) is 3. The third-order valence-corrected chi connectivity index (χ3v) is 1.11. The molecular weight excluding hydrogens is 196 g/mol. The maximum absolute atomic E-state index is 5.50. The second kappa shape index (κ2) is 3.58. The van der Waals surface area contributed by atoms with Crippen LogP contribution in [0.5, 0.6) is 0 Å². The van der Waals surface area contributed by atoms with E-state index in [9.17, 15) is 0 Å². The van der Waals surface area contributed by atoms with Crippen LogP contribution in [0.2, 0.25) is 0 Å². The summed E-state index contributed by atoms with van der Waals surface area (Å²) in [5.74, 6) is 6.12. The van der Waals surface area contributed by atoms with Gasteiger partial charge in [-0.2, -0.15) is 0 Å². The molecule has 0 saturated carbocycles. The Morgan fingerprint density at radius 1 is 1.70 bits per heavy atom. The van der Waals surface area contributed by atoms with Gasteiger partial charge in [-0.1, -0.05) is 0 Å². The lowest BCUT2D eigenvalue weighted by Gasteiger charge is -2.02. The van der Waals surface area contributed by atoms with E-state index in [2.05, 4.69) is 4.98 Å². The van der Waals surface area contributed by atoms with Crippen LogP contribution < -0.4 is 11.6 Å². The van der Waals surface area contributed by atoms with E-state index in [0.717, 1.165) is 0 Å². The van der Waals surface area contributed by atoms with E-state index in [0.29, 0.717) is 5.82 Å². The fourth-order valence-corrected chi connectivity index (χ4v) is 0.677. The van der Waals surface area contributed by atoms with Crippen molar-refractivity contribution in [1.29, 1.82) is 0 Å². The quantitative estimate of drug-likeness (QED) is 0.646. The molecule has 4 nitrogen and oxygen atoms in total. The van der Waals surface area contributed by atoms with Crippen molar-refractivity contribution < 1.29 is 0 Å². The average Bonchev–Trinajstić information content (AvgIpc) is 2.13. The van der Waals surface area contributed by atoms with Crippen molar-refractivity contribution in [2.75, 3.05) is 5.84 Å². The van der Waals surface area contributed by atoms with E-state index >= 15 is 0 Å². The minimum atomic E-state index is -0.0926. The van der Waals surface area contributed by atoms with Gasteiger partial charge in [0.2, 0.25) is 0 Å². The Morgan fingerprint density at radius 2 is 2.30 bits per heavy atom. The Morgan fingerprint density at radius 3 is 2.50 bits per heavy atom. The summed E-state index contributed by atoms with van der Waals surface area (Å²) in [5, 5.41) is 0. The highest BCUT2D eigenvalue weighted by Crippen LogP contribution is 2.01. The molecule has 0 bridgehead atoms. The molecule has 0 fully saturated rings. The van der Waals surface area contributed by atoms with E-state index in [4.69, 9.17) is 11.6 Å². The second-order valence-electron chi connectivity index (χ2n) is 1.98. The smallest absolute Gasteiger partial charge is 0.143 e. The molecule has 10 heavy (non-hydrogen) atoms. The second-order valence-corrected chi connectivity index (χ2v) is 1.98. The predicted octanol–water partition coefficient (Wildman–Crippen LogP) is 0.195. The van der Waals surface area contributed by atoms with Crippen LogP contribution in [0.4, 0.5) is 0 Å². The molecule has 0 aromatic carbocycles. The van der Waals surface area contributed by atoms with E-state index in [-0.39, 0.29) is 23.0 Å². The largest absolute Gasteiger partial charge is 0.338 e. The average molecular weight is 207 g/mol. The Labute approximate surface area is 70.0 Å². The lowest BCUT2D eigenvalue weighted by atomic mass is 10.3. The monoisotopic (exact) mass is 206 g/mol. The molecule has 1 heterocycles. The van der Waals surface area contributed by atoms with Gasteiger partial charge in [-0.25, -0.2) is 4.98 Å². The number of nitrogens with two attached hydrogens (primary N) is 2. The lowest BCUT2D eigenvalue weighted by Crippen LogP contribution is -2.18. The normalized spacial score (nSPS) is 12.2. The summed E-state index contributed by atoms with van der Waals surface area (Å²) >= 11 is 0. The van der Waals surface area contributed by atoms with Crippen LogP contribution in [0.25, 0.3) is 0 Å². The molecule has 5 heteroatoms. The Kier molecular flexibility index (Phi) is 3.38. The van der Waals surface area contributed by atoms with Crippen LogP contribution >= 0.6 is 17.0 Å². The van der Waals surface area contributed by atoms with Crippen molar-refractivity contribution in [3.8, 4) is 0 Å². The van der Waals surface area contributed by atoms with Crippen molar-refractivity contribution in [2.45, 2.75) is 13.0 Å². The third kappa shape index (κ3) is 1.71. The van der Waals surface area contributed by atoms with Gasteiger partial charge in [0, 0.05) is 12.4 Å². The third-order valence-electron chi connectivity index (χ3n) is 1.11. The number of hydrogen-bond donors (Lipinski definition) is 2. The van der Waals surface area contributed by atoms with E-state index < -0.39 is 0 Å². The molecule has 0 aliphatic heterocycles. The summed E-state index contributed by atoms with van der Waals surface area (Å²) in [6, 6.07) is -0.0926. The van der Waals surface area contributed by atoms with Gasteiger partial charge < -0.3 is 11.6 Å². The number of nitrogen functional groups attached to an aromatic ring is 1.